The summed E-state index contributed by atoms with van der Waals surface area (Å²) in [6.45, 7) is 9.98. The molecule has 0 bridgehead atoms. The zero-order valence-electron chi connectivity index (χ0n) is 6.85. The van der Waals surface area contributed by atoms with Gasteiger partial charge in [-0.2, -0.15) is 0 Å². The van der Waals surface area contributed by atoms with Crippen LogP contribution in [0.4, 0.5) is 0 Å². The average molecular weight is 141 g/mol. The van der Waals surface area contributed by atoms with Gasteiger partial charge < -0.3 is 4.74 Å². The van der Waals surface area contributed by atoms with Crippen molar-refractivity contribution in [3.8, 4) is 0 Å². The highest BCUT2D eigenvalue weighted by molar-refractivity contribution is 5.01. The Morgan fingerprint density at radius 3 is 2.30 bits per heavy atom. The molecule has 0 aromatic heterocycles. The van der Waals surface area contributed by atoms with Crippen LogP contribution in [-0.4, -0.2) is 18.4 Å². The fraction of sp³-hybridized carbons (Fsp3) is 0.750. The molecule has 3 unspecified atom stereocenters. The topological polar surface area (TPSA) is 21.3 Å². The van der Waals surface area contributed by atoms with Crippen molar-refractivity contribution in [3.63, 3.8) is 0 Å². The third kappa shape index (κ3) is 1.39. The van der Waals surface area contributed by atoms with Gasteiger partial charge in [0.1, 0.15) is 6.23 Å². The maximum Gasteiger partial charge on any atom is 0.130 e. The molecule has 0 aliphatic carbocycles. The van der Waals surface area contributed by atoms with Crippen LogP contribution in [0.3, 0.4) is 0 Å². The monoisotopic (exact) mass is 141 g/mol. The molecule has 3 atom stereocenters. The molecule has 1 fully saturated rings. The van der Waals surface area contributed by atoms with Crippen LogP contribution in [0.1, 0.15) is 20.8 Å². The first-order valence-electron chi connectivity index (χ1n) is 3.68. The first kappa shape index (κ1) is 7.76. The van der Waals surface area contributed by atoms with Gasteiger partial charge in [0.25, 0.3) is 0 Å². The van der Waals surface area contributed by atoms with Crippen molar-refractivity contribution < 1.29 is 4.74 Å². The summed E-state index contributed by atoms with van der Waals surface area (Å²) in [5.41, 5.74) is 1.05. The summed E-state index contributed by atoms with van der Waals surface area (Å²) in [6.07, 6.45) is 0.381. The molecule has 0 radical (unpaired) electrons. The third-order valence-corrected chi connectivity index (χ3v) is 1.92. The Labute approximate surface area is 62.3 Å². The van der Waals surface area contributed by atoms with E-state index < -0.39 is 0 Å². The predicted molar refractivity (Wildman–Crippen MR) is 41.7 cm³/mol. The fourth-order valence-corrected chi connectivity index (χ4v) is 1.00. The number of hydrogen-bond acceptors (Lipinski definition) is 2. The average Bonchev–Trinajstić information content (AvgIpc) is 2.13. The Balaban J connectivity index is 2.49. The van der Waals surface area contributed by atoms with Gasteiger partial charge in [0, 0.05) is 6.04 Å². The van der Waals surface area contributed by atoms with Crippen LogP contribution in [0.5, 0.6) is 0 Å². The second kappa shape index (κ2) is 2.72. The molecule has 58 valence electrons. The summed E-state index contributed by atoms with van der Waals surface area (Å²) in [5, 5.41) is 3.28. The molecule has 0 spiro atoms. The van der Waals surface area contributed by atoms with Crippen LogP contribution < -0.4 is 5.32 Å². The summed E-state index contributed by atoms with van der Waals surface area (Å²) < 4.78 is 5.52. The van der Waals surface area contributed by atoms with Gasteiger partial charge in [-0.15, -0.1) is 0 Å². The zero-order valence-corrected chi connectivity index (χ0v) is 6.85. The van der Waals surface area contributed by atoms with Gasteiger partial charge in [-0.05, 0) is 26.3 Å². The predicted octanol–water partition coefficient (Wildman–Crippen LogP) is 1.29. The van der Waals surface area contributed by atoms with E-state index in [1.54, 1.807) is 0 Å². The molecule has 0 saturated carbocycles. The molecule has 0 amide bonds. The summed E-state index contributed by atoms with van der Waals surface area (Å²) in [5.74, 6) is 0. The minimum Gasteiger partial charge on any atom is -0.355 e. The number of hydrogen-bond donors (Lipinski definition) is 1. The Morgan fingerprint density at radius 1 is 1.50 bits per heavy atom. The minimum atomic E-state index is 0.0741. The molecule has 1 heterocycles. The third-order valence-electron chi connectivity index (χ3n) is 1.92. The van der Waals surface area contributed by atoms with Gasteiger partial charge in [-0.1, -0.05) is 6.58 Å². The first-order chi connectivity index (χ1) is 4.61. The Bertz CT molecular complexity index is 134. The van der Waals surface area contributed by atoms with Crippen molar-refractivity contribution in [2.75, 3.05) is 0 Å². The lowest BCUT2D eigenvalue weighted by Crippen LogP contribution is -2.29. The fourth-order valence-electron chi connectivity index (χ4n) is 1.00. The highest BCUT2D eigenvalue weighted by Gasteiger charge is 2.27. The summed E-state index contributed by atoms with van der Waals surface area (Å²) in [4.78, 5) is 0. The van der Waals surface area contributed by atoms with E-state index >= 15 is 0 Å². The smallest absolute Gasteiger partial charge is 0.130 e. The summed E-state index contributed by atoms with van der Waals surface area (Å²) in [6, 6.07) is 0.446. The molecule has 1 aliphatic rings. The molecule has 1 N–H and O–H groups in total. The van der Waals surface area contributed by atoms with E-state index in [9.17, 15) is 0 Å². The summed E-state index contributed by atoms with van der Waals surface area (Å²) >= 11 is 0. The van der Waals surface area contributed by atoms with E-state index in [0.29, 0.717) is 12.1 Å². The molecule has 10 heavy (non-hydrogen) atoms. The molecule has 1 saturated heterocycles. The van der Waals surface area contributed by atoms with Crippen molar-refractivity contribution >= 4 is 0 Å². The Kier molecular flexibility index (Phi) is 2.11. The van der Waals surface area contributed by atoms with Gasteiger partial charge in [0.05, 0.1) is 6.10 Å². The molecule has 0 aromatic carbocycles. The van der Waals surface area contributed by atoms with E-state index in [2.05, 4.69) is 25.7 Å². The van der Waals surface area contributed by atoms with Crippen LogP contribution in [0, 0.1) is 0 Å². The van der Waals surface area contributed by atoms with Crippen LogP contribution in [0.2, 0.25) is 0 Å². The second-order valence-corrected chi connectivity index (χ2v) is 3.02. The highest BCUT2D eigenvalue weighted by Crippen LogP contribution is 2.15. The van der Waals surface area contributed by atoms with Crippen molar-refractivity contribution in [2.24, 2.45) is 0 Å². The number of ether oxygens (including phenoxy) is 1. The van der Waals surface area contributed by atoms with Crippen molar-refractivity contribution in [1.29, 1.82) is 0 Å². The lowest BCUT2D eigenvalue weighted by Gasteiger charge is -2.08. The van der Waals surface area contributed by atoms with E-state index in [1.165, 1.54) is 0 Å². The molecule has 1 rings (SSSR count). The maximum absolute atomic E-state index is 5.52. The standard InChI is InChI=1S/C8H15NO/c1-5(2)8-9-6(3)7(4)10-8/h6-9H,1H2,2-4H3. The van der Waals surface area contributed by atoms with Crippen molar-refractivity contribution in [3.05, 3.63) is 12.2 Å². The van der Waals surface area contributed by atoms with Crippen molar-refractivity contribution in [2.45, 2.75) is 39.1 Å². The van der Waals surface area contributed by atoms with Gasteiger partial charge in [0.15, 0.2) is 0 Å². The maximum atomic E-state index is 5.52. The zero-order chi connectivity index (χ0) is 7.72. The van der Waals surface area contributed by atoms with Crippen LogP contribution >= 0.6 is 0 Å². The van der Waals surface area contributed by atoms with Crippen LogP contribution in [0.25, 0.3) is 0 Å². The van der Waals surface area contributed by atoms with Crippen molar-refractivity contribution in [1.82, 2.24) is 5.32 Å². The minimum absolute atomic E-state index is 0.0741. The van der Waals surface area contributed by atoms with Gasteiger partial charge in [-0.3, -0.25) is 5.32 Å². The summed E-state index contributed by atoms with van der Waals surface area (Å²) in [7, 11) is 0. The quantitative estimate of drug-likeness (QED) is 0.555. The van der Waals surface area contributed by atoms with E-state index in [-0.39, 0.29) is 6.23 Å². The normalized spacial score (nSPS) is 40.1. The molecule has 1 aliphatic heterocycles. The molecular weight excluding hydrogens is 126 g/mol. The van der Waals surface area contributed by atoms with E-state index in [4.69, 9.17) is 4.74 Å². The van der Waals surface area contributed by atoms with E-state index in [0.717, 1.165) is 5.57 Å². The number of rotatable bonds is 1. The molecule has 2 heteroatoms. The molecule has 0 aromatic rings. The SMILES string of the molecule is C=C(C)C1NC(C)C(C)O1. The van der Waals surface area contributed by atoms with Gasteiger partial charge in [-0.25, -0.2) is 0 Å². The van der Waals surface area contributed by atoms with Gasteiger partial charge >= 0.3 is 0 Å². The Hall–Kier alpha value is -0.340. The Morgan fingerprint density at radius 2 is 2.10 bits per heavy atom. The largest absolute Gasteiger partial charge is 0.355 e. The van der Waals surface area contributed by atoms with Gasteiger partial charge in [0.2, 0.25) is 0 Å². The van der Waals surface area contributed by atoms with Crippen LogP contribution in [-0.2, 0) is 4.74 Å². The number of nitrogens with one attached hydrogen (secondary N) is 1. The highest BCUT2D eigenvalue weighted by atomic mass is 16.5. The molecule has 2 nitrogen and oxygen atoms in total. The second-order valence-electron chi connectivity index (χ2n) is 3.02. The van der Waals surface area contributed by atoms with E-state index in [1.807, 2.05) is 6.92 Å². The first-order valence-corrected chi connectivity index (χ1v) is 3.68. The van der Waals surface area contributed by atoms with Crippen LogP contribution in [0.15, 0.2) is 12.2 Å². The lowest BCUT2D eigenvalue weighted by atomic mass is 10.2. The molecular formula is C8H15NO. The lowest BCUT2D eigenvalue weighted by molar-refractivity contribution is 0.0697.